The lowest BCUT2D eigenvalue weighted by Crippen LogP contribution is -2.36. The van der Waals surface area contributed by atoms with Crippen molar-refractivity contribution >= 4 is 5.91 Å². The van der Waals surface area contributed by atoms with E-state index in [0.717, 1.165) is 6.54 Å². The molecule has 106 valence electrons. The Morgan fingerprint density at radius 1 is 1.47 bits per heavy atom. The Morgan fingerprint density at radius 3 is 2.74 bits per heavy atom. The number of para-hydroxylation sites is 1. The molecule has 0 unspecified atom stereocenters. The van der Waals surface area contributed by atoms with Crippen LogP contribution in [-0.2, 0) is 0 Å². The van der Waals surface area contributed by atoms with E-state index in [9.17, 15) is 9.90 Å². The second kappa shape index (κ2) is 6.99. The first-order chi connectivity index (χ1) is 8.97. The van der Waals surface area contributed by atoms with Crippen LogP contribution in [0, 0.1) is 0 Å². The number of hydrogen-bond acceptors (Lipinski definition) is 4. The lowest BCUT2D eigenvalue weighted by molar-refractivity contribution is 0.0944. The van der Waals surface area contributed by atoms with Gasteiger partial charge in [0.1, 0.15) is 0 Å². The van der Waals surface area contributed by atoms with E-state index in [1.807, 2.05) is 7.05 Å². The molecule has 0 saturated carbocycles. The van der Waals surface area contributed by atoms with Crippen molar-refractivity contribution in [1.82, 2.24) is 10.2 Å². The maximum atomic E-state index is 11.9. The maximum absolute atomic E-state index is 11.9. The molecule has 0 atom stereocenters. The number of carbonyl (C=O) groups is 1. The summed E-state index contributed by atoms with van der Waals surface area (Å²) in [6.45, 7) is 5.48. The van der Waals surface area contributed by atoms with Crippen molar-refractivity contribution in [3.63, 3.8) is 0 Å². The van der Waals surface area contributed by atoms with Gasteiger partial charge >= 0.3 is 0 Å². The van der Waals surface area contributed by atoms with Crippen LogP contribution in [0.1, 0.15) is 24.2 Å². The van der Waals surface area contributed by atoms with Gasteiger partial charge in [0.05, 0.1) is 12.7 Å². The number of carbonyl (C=O) groups excluding carboxylic acids is 1. The van der Waals surface area contributed by atoms with Gasteiger partial charge in [0, 0.05) is 19.1 Å². The van der Waals surface area contributed by atoms with Crippen LogP contribution in [0.5, 0.6) is 11.5 Å². The van der Waals surface area contributed by atoms with Crippen molar-refractivity contribution in [2.24, 2.45) is 0 Å². The SMILES string of the molecule is COc1cccc(C(=O)NCCN(C)C(C)C)c1O. The number of likely N-dealkylation sites (N-methyl/N-ethyl adjacent to an activating group) is 1. The molecule has 0 heterocycles. The van der Waals surface area contributed by atoms with Crippen LogP contribution < -0.4 is 10.1 Å². The summed E-state index contributed by atoms with van der Waals surface area (Å²) in [6, 6.07) is 5.29. The molecule has 5 heteroatoms. The van der Waals surface area contributed by atoms with Crippen LogP contribution in [0.25, 0.3) is 0 Å². The van der Waals surface area contributed by atoms with Gasteiger partial charge in [-0.15, -0.1) is 0 Å². The minimum Gasteiger partial charge on any atom is -0.504 e. The zero-order chi connectivity index (χ0) is 14.4. The van der Waals surface area contributed by atoms with E-state index in [1.54, 1.807) is 18.2 Å². The minimum absolute atomic E-state index is 0.125. The Morgan fingerprint density at radius 2 is 2.16 bits per heavy atom. The molecule has 0 radical (unpaired) electrons. The molecule has 2 N–H and O–H groups in total. The lowest BCUT2D eigenvalue weighted by atomic mass is 10.1. The Balaban J connectivity index is 2.59. The second-order valence-corrected chi connectivity index (χ2v) is 4.69. The molecular weight excluding hydrogens is 244 g/mol. The molecule has 0 aromatic heterocycles. The largest absolute Gasteiger partial charge is 0.504 e. The smallest absolute Gasteiger partial charge is 0.255 e. The third-order valence-electron chi connectivity index (χ3n) is 3.10. The molecule has 0 aliphatic heterocycles. The Hall–Kier alpha value is -1.75. The van der Waals surface area contributed by atoms with Gasteiger partial charge in [-0.2, -0.15) is 0 Å². The van der Waals surface area contributed by atoms with Crippen molar-refractivity contribution < 1.29 is 14.6 Å². The molecule has 1 aromatic rings. The number of amides is 1. The van der Waals surface area contributed by atoms with Crippen molar-refractivity contribution in [2.75, 3.05) is 27.2 Å². The molecule has 0 spiro atoms. The number of nitrogens with zero attached hydrogens (tertiary/aromatic N) is 1. The van der Waals surface area contributed by atoms with E-state index in [-0.39, 0.29) is 17.2 Å². The summed E-state index contributed by atoms with van der Waals surface area (Å²) in [5.74, 6) is -0.125. The summed E-state index contributed by atoms with van der Waals surface area (Å²) in [5.41, 5.74) is 0.228. The first kappa shape index (κ1) is 15.3. The minimum atomic E-state index is -0.298. The molecule has 5 nitrogen and oxygen atoms in total. The van der Waals surface area contributed by atoms with Gasteiger partial charge in [0.15, 0.2) is 11.5 Å². The first-order valence-electron chi connectivity index (χ1n) is 6.31. The van der Waals surface area contributed by atoms with E-state index in [4.69, 9.17) is 4.74 Å². The van der Waals surface area contributed by atoms with Gasteiger partial charge in [-0.3, -0.25) is 4.79 Å². The van der Waals surface area contributed by atoms with Gasteiger partial charge in [0.2, 0.25) is 0 Å². The molecular formula is C14H22N2O3. The quantitative estimate of drug-likeness (QED) is 0.818. The molecule has 0 fully saturated rings. The monoisotopic (exact) mass is 266 g/mol. The Kier molecular flexibility index (Phi) is 5.63. The third-order valence-corrected chi connectivity index (χ3v) is 3.10. The van der Waals surface area contributed by atoms with Crippen LogP contribution >= 0.6 is 0 Å². The highest BCUT2D eigenvalue weighted by molar-refractivity contribution is 5.97. The van der Waals surface area contributed by atoms with Crippen LogP contribution in [0.15, 0.2) is 18.2 Å². The molecule has 0 aliphatic rings. The number of methoxy groups -OCH3 is 1. The van der Waals surface area contributed by atoms with E-state index in [0.29, 0.717) is 18.3 Å². The lowest BCUT2D eigenvalue weighted by Gasteiger charge is -2.21. The zero-order valence-corrected chi connectivity index (χ0v) is 11.9. The number of ether oxygens (including phenoxy) is 1. The first-order valence-corrected chi connectivity index (χ1v) is 6.31. The van der Waals surface area contributed by atoms with Crippen LogP contribution in [-0.4, -0.2) is 49.2 Å². The molecule has 0 saturated heterocycles. The summed E-state index contributed by atoms with van der Waals surface area (Å²) in [7, 11) is 3.45. The highest BCUT2D eigenvalue weighted by Crippen LogP contribution is 2.28. The van der Waals surface area contributed by atoms with Crippen LogP contribution in [0.4, 0.5) is 0 Å². The average Bonchev–Trinajstić information content (AvgIpc) is 2.38. The normalized spacial score (nSPS) is 10.8. The van der Waals surface area contributed by atoms with Gasteiger partial charge in [0.25, 0.3) is 5.91 Å². The summed E-state index contributed by atoms with van der Waals surface area (Å²) < 4.78 is 4.97. The van der Waals surface area contributed by atoms with E-state index in [2.05, 4.69) is 24.1 Å². The fraction of sp³-hybridized carbons (Fsp3) is 0.500. The molecule has 1 rings (SSSR count). The highest BCUT2D eigenvalue weighted by Gasteiger charge is 2.14. The van der Waals surface area contributed by atoms with Gasteiger partial charge in [-0.25, -0.2) is 0 Å². The van der Waals surface area contributed by atoms with Crippen LogP contribution in [0.2, 0.25) is 0 Å². The third kappa shape index (κ3) is 4.13. The number of nitrogens with one attached hydrogen (secondary N) is 1. The van der Waals surface area contributed by atoms with Crippen molar-refractivity contribution in [1.29, 1.82) is 0 Å². The Bertz CT molecular complexity index is 433. The summed E-state index contributed by atoms with van der Waals surface area (Å²) in [4.78, 5) is 14.1. The number of phenolic OH excluding ortho intramolecular Hbond substituents is 1. The standard InChI is InChI=1S/C14H22N2O3/c1-10(2)16(3)9-8-15-14(18)11-6-5-7-12(19-4)13(11)17/h5-7,10,17H,8-9H2,1-4H3,(H,15,18). The molecule has 1 aromatic carbocycles. The van der Waals surface area contributed by atoms with Crippen molar-refractivity contribution in [3.05, 3.63) is 23.8 Å². The molecule has 0 aliphatic carbocycles. The van der Waals surface area contributed by atoms with E-state index < -0.39 is 0 Å². The molecule has 19 heavy (non-hydrogen) atoms. The van der Waals surface area contributed by atoms with Crippen molar-refractivity contribution in [3.8, 4) is 11.5 Å². The number of benzene rings is 1. The fourth-order valence-corrected chi connectivity index (χ4v) is 1.57. The summed E-state index contributed by atoms with van der Waals surface area (Å²) in [6.07, 6.45) is 0. The van der Waals surface area contributed by atoms with Gasteiger partial charge in [-0.05, 0) is 33.0 Å². The maximum Gasteiger partial charge on any atom is 0.255 e. The number of aromatic hydroxyl groups is 1. The fourth-order valence-electron chi connectivity index (χ4n) is 1.57. The summed E-state index contributed by atoms with van der Waals surface area (Å²) in [5, 5.41) is 12.6. The number of rotatable bonds is 6. The van der Waals surface area contributed by atoms with E-state index >= 15 is 0 Å². The molecule has 0 bridgehead atoms. The van der Waals surface area contributed by atoms with Crippen LogP contribution in [0.3, 0.4) is 0 Å². The Labute approximate surface area is 114 Å². The van der Waals surface area contributed by atoms with E-state index in [1.165, 1.54) is 7.11 Å². The zero-order valence-electron chi connectivity index (χ0n) is 11.9. The number of hydrogen-bond donors (Lipinski definition) is 2. The van der Waals surface area contributed by atoms with Gasteiger partial charge < -0.3 is 20.1 Å². The number of phenols is 1. The van der Waals surface area contributed by atoms with Crippen molar-refractivity contribution in [2.45, 2.75) is 19.9 Å². The summed E-state index contributed by atoms with van der Waals surface area (Å²) >= 11 is 0. The topological polar surface area (TPSA) is 61.8 Å². The molecule has 1 amide bonds. The second-order valence-electron chi connectivity index (χ2n) is 4.69. The average molecular weight is 266 g/mol. The highest BCUT2D eigenvalue weighted by atomic mass is 16.5. The van der Waals surface area contributed by atoms with Gasteiger partial charge in [-0.1, -0.05) is 6.07 Å². The predicted molar refractivity (Wildman–Crippen MR) is 74.8 cm³/mol. The predicted octanol–water partition coefficient (Wildman–Crippen LogP) is 1.47.